The Morgan fingerprint density at radius 2 is 1.77 bits per heavy atom. The van der Waals surface area contributed by atoms with Crippen molar-refractivity contribution in [3.63, 3.8) is 0 Å². The largest absolute Gasteiger partial charge is 0.459 e. The molecule has 0 aliphatic carbocycles. The van der Waals surface area contributed by atoms with Gasteiger partial charge in [0.05, 0.1) is 11.5 Å². The van der Waals surface area contributed by atoms with Crippen LogP contribution in [0.4, 0.5) is 5.69 Å². The van der Waals surface area contributed by atoms with Crippen LogP contribution in [0.1, 0.15) is 19.8 Å². The molecule has 1 heterocycles. The molecule has 0 bridgehead atoms. The molecule has 0 atom stereocenters. The second-order valence-electron chi connectivity index (χ2n) is 4.81. The van der Waals surface area contributed by atoms with Crippen molar-refractivity contribution in [3.8, 4) is 0 Å². The molecule has 1 fully saturated rings. The average molecular weight is 326 g/mol. The minimum atomic E-state index is -3.48. The fourth-order valence-electron chi connectivity index (χ4n) is 2.17. The second kappa shape index (κ2) is 6.89. The molecule has 120 valence electrons. The van der Waals surface area contributed by atoms with Gasteiger partial charge in [0.25, 0.3) is 0 Å². The fraction of sp³-hybridized carbons (Fsp3) is 0.429. The molecule has 0 radical (unpaired) electrons. The number of anilines is 1. The van der Waals surface area contributed by atoms with Crippen molar-refractivity contribution >= 4 is 27.6 Å². The Hall–Kier alpha value is -1.93. The number of benzene rings is 1. The molecule has 1 saturated heterocycles. The summed E-state index contributed by atoms with van der Waals surface area (Å²) in [5.41, 5.74) is 0.332. The highest BCUT2D eigenvalue weighted by molar-refractivity contribution is 7.89. The maximum atomic E-state index is 12.3. The van der Waals surface area contributed by atoms with Crippen molar-refractivity contribution in [2.75, 3.05) is 25.0 Å². The van der Waals surface area contributed by atoms with E-state index < -0.39 is 21.9 Å². The molecule has 1 amide bonds. The third-order valence-corrected chi connectivity index (χ3v) is 5.19. The van der Waals surface area contributed by atoms with Crippen LogP contribution >= 0.6 is 0 Å². The summed E-state index contributed by atoms with van der Waals surface area (Å²) in [6.07, 6.45) is 1.74. The number of sulfonamides is 1. The fourth-order valence-corrected chi connectivity index (χ4v) is 3.68. The van der Waals surface area contributed by atoms with Crippen molar-refractivity contribution in [3.05, 3.63) is 24.3 Å². The van der Waals surface area contributed by atoms with E-state index in [1.54, 1.807) is 6.92 Å². The van der Waals surface area contributed by atoms with E-state index >= 15 is 0 Å². The molecule has 0 unspecified atom stereocenters. The predicted octanol–water partition coefficient (Wildman–Crippen LogP) is 0.973. The van der Waals surface area contributed by atoms with Crippen molar-refractivity contribution in [1.29, 1.82) is 0 Å². The van der Waals surface area contributed by atoms with Gasteiger partial charge in [-0.1, -0.05) is 0 Å². The van der Waals surface area contributed by atoms with E-state index in [9.17, 15) is 18.0 Å². The van der Waals surface area contributed by atoms with E-state index in [0.29, 0.717) is 18.8 Å². The Bertz CT molecular complexity index is 648. The molecular formula is C14H18N2O5S. The number of hydrogen-bond donors (Lipinski definition) is 1. The second-order valence-corrected chi connectivity index (χ2v) is 6.75. The van der Waals surface area contributed by atoms with E-state index in [1.807, 2.05) is 0 Å². The lowest BCUT2D eigenvalue weighted by molar-refractivity contribution is -0.152. The van der Waals surface area contributed by atoms with Gasteiger partial charge in [0.15, 0.2) is 0 Å². The Kier molecular flexibility index (Phi) is 5.15. The van der Waals surface area contributed by atoms with Crippen LogP contribution in [0, 0.1) is 0 Å². The summed E-state index contributed by atoms with van der Waals surface area (Å²) in [6.45, 7) is 2.77. The summed E-state index contributed by atoms with van der Waals surface area (Å²) in [5, 5.41) is 2.35. The van der Waals surface area contributed by atoms with Gasteiger partial charge in [0, 0.05) is 18.8 Å². The van der Waals surface area contributed by atoms with Gasteiger partial charge >= 0.3 is 11.9 Å². The molecule has 1 N–H and O–H groups in total. The molecule has 7 nitrogen and oxygen atoms in total. The summed E-state index contributed by atoms with van der Waals surface area (Å²) < 4.78 is 30.7. The molecular weight excluding hydrogens is 308 g/mol. The lowest BCUT2D eigenvalue weighted by atomic mass is 10.3. The first-order valence-corrected chi connectivity index (χ1v) is 8.47. The quantitative estimate of drug-likeness (QED) is 0.657. The highest BCUT2D eigenvalue weighted by Crippen LogP contribution is 2.22. The summed E-state index contributed by atoms with van der Waals surface area (Å²) in [5.74, 6) is -1.87. The Morgan fingerprint density at radius 3 is 2.32 bits per heavy atom. The van der Waals surface area contributed by atoms with Crippen molar-refractivity contribution in [2.24, 2.45) is 0 Å². The van der Waals surface area contributed by atoms with Crippen LogP contribution in [0.5, 0.6) is 0 Å². The molecule has 0 saturated carbocycles. The van der Waals surface area contributed by atoms with Crippen molar-refractivity contribution in [1.82, 2.24) is 4.31 Å². The van der Waals surface area contributed by atoms with Gasteiger partial charge in [0.2, 0.25) is 10.0 Å². The van der Waals surface area contributed by atoms with Gasteiger partial charge in [-0.05, 0) is 44.0 Å². The Balaban J connectivity index is 2.07. The van der Waals surface area contributed by atoms with Crippen LogP contribution in [0.2, 0.25) is 0 Å². The minimum Gasteiger partial charge on any atom is -0.459 e. The molecule has 0 spiro atoms. The summed E-state index contributed by atoms with van der Waals surface area (Å²) in [4.78, 5) is 22.9. The number of amides is 1. The zero-order valence-electron chi connectivity index (χ0n) is 12.2. The Morgan fingerprint density at radius 1 is 1.18 bits per heavy atom. The first kappa shape index (κ1) is 16.4. The van der Waals surface area contributed by atoms with Crippen molar-refractivity contribution in [2.45, 2.75) is 24.7 Å². The predicted molar refractivity (Wildman–Crippen MR) is 79.7 cm³/mol. The van der Waals surface area contributed by atoms with Gasteiger partial charge in [-0.25, -0.2) is 13.2 Å². The number of rotatable bonds is 4. The van der Waals surface area contributed by atoms with E-state index in [-0.39, 0.29) is 11.5 Å². The molecule has 1 aromatic rings. The standard InChI is InChI=1S/C14H18N2O5S/c1-2-21-14(18)13(17)15-11-5-7-12(8-6-11)22(19,20)16-9-3-4-10-16/h5-8H,2-4,9-10H2,1H3,(H,15,17). The average Bonchev–Trinajstić information content (AvgIpc) is 3.03. The number of esters is 1. The van der Waals surface area contributed by atoms with Crippen LogP contribution in [0.3, 0.4) is 0 Å². The lowest BCUT2D eigenvalue weighted by Crippen LogP contribution is -2.28. The van der Waals surface area contributed by atoms with Gasteiger partial charge in [-0.2, -0.15) is 4.31 Å². The molecule has 22 heavy (non-hydrogen) atoms. The molecule has 0 aromatic heterocycles. The molecule has 2 rings (SSSR count). The first-order valence-electron chi connectivity index (χ1n) is 7.03. The smallest absolute Gasteiger partial charge is 0.397 e. The minimum absolute atomic E-state index is 0.110. The van der Waals surface area contributed by atoms with Gasteiger partial charge in [-0.3, -0.25) is 4.79 Å². The van der Waals surface area contributed by atoms with Crippen LogP contribution in [0.15, 0.2) is 29.2 Å². The van der Waals surface area contributed by atoms with Gasteiger partial charge < -0.3 is 10.1 Å². The van der Waals surface area contributed by atoms with E-state index in [2.05, 4.69) is 10.1 Å². The number of carbonyl (C=O) groups excluding carboxylic acids is 2. The number of ether oxygens (including phenoxy) is 1. The third-order valence-electron chi connectivity index (χ3n) is 3.28. The zero-order valence-corrected chi connectivity index (χ0v) is 13.1. The lowest BCUT2D eigenvalue weighted by Gasteiger charge is -2.15. The summed E-state index contributed by atoms with van der Waals surface area (Å²) in [7, 11) is -3.48. The SMILES string of the molecule is CCOC(=O)C(=O)Nc1ccc(S(=O)(=O)N2CCCC2)cc1. The first-order chi connectivity index (χ1) is 10.4. The maximum Gasteiger partial charge on any atom is 0.397 e. The molecule has 8 heteroatoms. The molecule has 1 aliphatic rings. The highest BCUT2D eigenvalue weighted by atomic mass is 32.2. The normalized spacial score (nSPS) is 15.5. The monoisotopic (exact) mass is 326 g/mol. The van der Waals surface area contributed by atoms with Gasteiger partial charge in [-0.15, -0.1) is 0 Å². The summed E-state index contributed by atoms with van der Waals surface area (Å²) in [6, 6.07) is 5.71. The van der Waals surface area contributed by atoms with E-state index in [1.165, 1.54) is 28.6 Å². The van der Waals surface area contributed by atoms with Crippen LogP contribution < -0.4 is 5.32 Å². The Labute approximate surface area is 129 Å². The number of nitrogens with one attached hydrogen (secondary N) is 1. The number of hydrogen-bond acceptors (Lipinski definition) is 5. The maximum absolute atomic E-state index is 12.3. The van der Waals surface area contributed by atoms with Crippen LogP contribution in [0.25, 0.3) is 0 Å². The van der Waals surface area contributed by atoms with Crippen molar-refractivity contribution < 1.29 is 22.7 Å². The molecule has 1 aliphatic heterocycles. The van der Waals surface area contributed by atoms with Crippen LogP contribution in [-0.4, -0.2) is 44.3 Å². The van der Waals surface area contributed by atoms with E-state index in [0.717, 1.165) is 12.8 Å². The highest BCUT2D eigenvalue weighted by Gasteiger charge is 2.27. The number of nitrogens with zero attached hydrogens (tertiary/aromatic N) is 1. The van der Waals surface area contributed by atoms with Gasteiger partial charge in [0.1, 0.15) is 0 Å². The topological polar surface area (TPSA) is 92.8 Å². The zero-order chi connectivity index (χ0) is 16.2. The molecule has 1 aromatic carbocycles. The van der Waals surface area contributed by atoms with Crippen LogP contribution in [-0.2, 0) is 24.3 Å². The third kappa shape index (κ3) is 3.63. The summed E-state index contributed by atoms with van der Waals surface area (Å²) >= 11 is 0. The van der Waals surface area contributed by atoms with E-state index in [4.69, 9.17) is 0 Å². The number of carbonyl (C=O) groups is 2.